The zero-order valence-electron chi connectivity index (χ0n) is 12.9. The Bertz CT molecular complexity index is 482. The average Bonchev–Trinajstić information content (AvgIpc) is 2.98. The van der Waals surface area contributed by atoms with Crippen molar-refractivity contribution in [2.75, 3.05) is 13.7 Å². The molecular formula is C17H25NO2. The van der Waals surface area contributed by atoms with Gasteiger partial charge >= 0.3 is 0 Å². The quantitative estimate of drug-likeness (QED) is 0.864. The van der Waals surface area contributed by atoms with Crippen molar-refractivity contribution in [1.29, 1.82) is 0 Å². The summed E-state index contributed by atoms with van der Waals surface area (Å²) in [4.78, 5) is 11.6. The van der Waals surface area contributed by atoms with Gasteiger partial charge in [0.25, 0.3) is 0 Å². The maximum atomic E-state index is 11.6. The number of hydrogen-bond acceptors (Lipinski definition) is 2. The van der Waals surface area contributed by atoms with Crippen molar-refractivity contribution in [3.8, 4) is 5.75 Å². The smallest absolute Gasteiger partial charge is 0.219 e. The number of ether oxygens (including phenoxy) is 1. The van der Waals surface area contributed by atoms with Crippen molar-refractivity contribution in [3.63, 3.8) is 0 Å². The molecule has 1 N–H and O–H groups in total. The maximum absolute atomic E-state index is 11.6. The second kappa shape index (κ2) is 5.86. The van der Waals surface area contributed by atoms with Gasteiger partial charge in [-0.05, 0) is 41.4 Å². The summed E-state index contributed by atoms with van der Waals surface area (Å²) in [7, 11) is 1.69. The van der Waals surface area contributed by atoms with Crippen LogP contribution in [0.3, 0.4) is 0 Å². The summed E-state index contributed by atoms with van der Waals surface area (Å²) in [5.41, 5.74) is 1.55. The van der Waals surface area contributed by atoms with Crippen LogP contribution in [0.4, 0.5) is 0 Å². The van der Waals surface area contributed by atoms with Crippen molar-refractivity contribution in [2.45, 2.75) is 39.5 Å². The van der Waals surface area contributed by atoms with Crippen molar-refractivity contribution in [3.05, 3.63) is 29.8 Å². The van der Waals surface area contributed by atoms with E-state index in [2.05, 4.69) is 31.3 Å². The third-order valence-electron chi connectivity index (χ3n) is 4.50. The molecule has 0 saturated heterocycles. The van der Waals surface area contributed by atoms with Gasteiger partial charge in [-0.25, -0.2) is 0 Å². The first kappa shape index (κ1) is 14.9. The van der Waals surface area contributed by atoms with E-state index in [4.69, 9.17) is 4.74 Å². The number of nitrogens with one attached hydrogen (secondary N) is 1. The van der Waals surface area contributed by atoms with Crippen molar-refractivity contribution in [2.24, 2.45) is 11.3 Å². The van der Waals surface area contributed by atoms with Crippen LogP contribution in [0.15, 0.2) is 24.3 Å². The van der Waals surface area contributed by atoms with E-state index in [1.807, 2.05) is 19.1 Å². The molecule has 1 saturated carbocycles. The van der Waals surface area contributed by atoms with Crippen LogP contribution in [-0.2, 0) is 4.79 Å². The van der Waals surface area contributed by atoms with Crippen LogP contribution in [0.5, 0.6) is 5.75 Å². The van der Waals surface area contributed by atoms with Crippen molar-refractivity contribution < 1.29 is 9.53 Å². The Morgan fingerprint density at radius 3 is 2.80 bits per heavy atom. The normalized spacial score (nSPS) is 23.2. The van der Waals surface area contributed by atoms with Gasteiger partial charge in [-0.2, -0.15) is 0 Å². The van der Waals surface area contributed by atoms with E-state index < -0.39 is 0 Å². The van der Waals surface area contributed by atoms with Crippen LogP contribution in [0, 0.1) is 11.3 Å². The Morgan fingerprint density at radius 1 is 1.40 bits per heavy atom. The van der Waals surface area contributed by atoms with Gasteiger partial charge in [-0.1, -0.05) is 32.9 Å². The highest BCUT2D eigenvalue weighted by Crippen LogP contribution is 2.64. The number of benzene rings is 1. The van der Waals surface area contributed by atoms with Gasteiger partial charge in [0.15, 0.2) is 0 Å². The fourth-order valence-corrected chi connectivity index (χ4v) is 3.16. The molecule has 1 aromatic rings. The highest BCUT2D eigenvalue weighted by atomic mass is 16.5. The highest BCUT2D eigenvalue weighted by Gasteiger charge is 2.57. The van der Waals surface area contributed by atoms with Gasteiger partial charge in [0, 0.05) is 13.0 Å². The molecule has 1 fully saturated rings. The predicted molar refractivity (Wildman–Crippen MR) is 80.9 cm³/mol. The molecule has 0 heterocycles. The Balaban J connectivity index is 2.00. The topological polar surface area (TPSA) is 38.3 Å². The summed E-state index contributed by atoms with van der Waals surface area (Å²) in [6.45, 7) is 7.34. The molecule has 0 unspecified atom stereocenters. The minimum Gasteiger partial charge on any atom is -0.497 e. The molecule has 2 rings (SSSR count). The third kappa shape index (κ3) is 2.97. The molecule has 0 aliphatic heterocycles. The monoisotopic (exact) mass is 275 g/mol. The molecule has 1 aromatic carbocycles. The van der Waals surface area contributed by atoms with Gasteiger partial charge in [0.1, 0.15) is 5.75 Å². The Labute approximate surface area is 121 Å². The fourth-order valence-electron chi connectivity index (χ4n) is 3.16. The molecule has 0 radical (unpaired) electrons. The molecule has 0 bridgehead atoms. The van der Waals surface area contributed by atoms with Crippen molar-refractivity contribution >= 4 is 5.91 Å². The summed E-state index contributed by atoms with van der Waals surface area (Å²) in [5, 5.41) is 3.06. The molecule has 2 atom stereocenters. The summed E-state index contributed by atoms with van der Waals surface area (Å²) >= 11 is 0. The Kier molecular flexibility index (Phi) is 4.36. The van der Waals surface area contributed by atoms with Crippen molar-refractivity contribution in [1.82, 2.24) is 5.32 Å². The fraction of sp³-hybridized carbons (Fsp3) is 0.588. The van der Waals surface area contributed by atoms with E-state index in [0.717, 1.165) is 18.7 Å². The van der Waals surface area contributed by atoms with E-state index >= 15 is 0 Å². The SMILES string of the molecule is CCCC(=O)NC[C@H]1[C@H](c2cccc(OC)c2)C1(C)C. The van der Waals surface area contributed by atoms with Crippen LogP contribution >= 0.6 is 0 Å². The van der Waals surface area contributed by atoms with Gasteiger partial charge in [0.2, 0.25) is 5.91 Å². The second-order valence-corrected chi connectivity index (χ2v) is 6.24. The lowest BCUT2D eigenvalue weighted by Gasteiger charge is -2.05. The van der Waals surface area contributed by atoms with E-state index in [-0.39, 0.29) is 11.3 Å². The molecule has 20 heavy (non-hydrogen) atoms. The molecule has 3 nitrogen and oxygen atoms in total. The Hall–Kier alpha value is -1.51. The highest BCUT2D eigenvalue weighted by molar-refractivity contribution is 5.75. The molecule has 3 heteroatoms. The molecular weight excluding hydrogens is 250 g/mol. The maximum Gasteiger partial charge on any atom is 0.219 e. The number of methoxy groups -OCH3 is 1. The molecule has 1 amide bonds. The summed E-state index contributed by atoms with van der Waals surface area (Å²) < 4.78 is 5.30. The molecule has 0 aromatic heterocycles. The lowest BCUT2D eigenvalue weighted by molar-refractivity contribution is -0.121. The van der Waals surface area contributed by atoms with Crippen LogP contribution in [0.1, 0.15) is 45.1 Å². The number of amides is 1. The number of hydrogen-bond donors (Lipinski definition) is 1. The van der Waals surface area contributed by atoms with E-state index in [1.165, 1.54) is 5.56 Å². The van der Waals surface area contributed by atoms with Crippen LogP contribution in [0.2, 0.25) is 0 Å². The number of rotatable bonds is 6. The molecule has 1 aliphatic carbocycles. The largest absolute Gasteiger partial charge is 0.497 e. The van der Waals surface area contributed by atoms with Gasteiger partial charge in [0.05, 0.1) is 7.11 Å². The van der Waals surface area contributed by atoms with Gasteiger partial charge < -0.3 is 10.1 Å². The number of carbonyl (C=O) groups excluding carboxylic acids is 1. The Morgan fingerprint density at radius 2 is 2.15 bits per heavy atom. The first-order valence-corrected chi connectivity index (χ1v) is 7.41. The van der Waals surface area contributed by atoms with E-state index in [1.54, 1.807) is 7.11 Å². The summed E-state index contributed by atoms with van der Waals surface area (Å²) in [6.07, 6.45) is 1.52. The van der Waals surface area contributed by atoms with Crippen LogP contribution in [0.25, 0.3) is 0 Å². The molecule has 110 valence electrons. The van der Waals surface area contributed by atoms with Crippen LogP contribution < -0.4 is 10.1 Å². The predicted octanol–water partition coefficient (Wildman–Crippen LogP) is 3.35. The molecule has 0 spiro atoms. The zero-order valence-corrected chi connectivity index (χ0v) is 12.9. The zero-order chi connectivity index (χ0) is 14.8. The van der Waals surface area contributed by atoms with E-state index in [9.17, 15) is 4.79 Å². The lowest BCUT2D eigenvalue weighted by atomic mass is 10.0. The summed E-state index contributed by atoms with van der Waals surface area (Å²) in [6, 6.07) is 8.27. The van der Waals surface area contributed by atoms with Gasteiger partial charge in [-0.3, -0.25) is 4.79 Å². The van der Waals surface area contributed by atoms with E-state index in [0.29, 0.717) is 18.3 Å². The van der Waals surface area contributed by atoms with Crippen LogP contribution in [-0.4, -0.2) is 19.6 Å². The minimum atomic E-state index is 0.166. The average molecular weight is 275 g/mol. The third-order valence-corrected chi connectivity index (χ3v) is 4.50. The second-order valence-electron chi connectivity index (χ2n) is 6.24. The summed E-state index contributed by atoms with van der Waals surface area (Å²) in [5.74, 6) is 2.08. The molecule has 1 aliphatic rings. The van der Waals surface area contributed by atoms with Gasteiger partial charge in [-0.15, -0.1) is 0 Å². The number of carbonyl (C=O) groups is 1. The standard InChI is InChI=1S/C17H25NO2/c1-5-7-15(19)18-11-14-16(17(14,2)3)12-8-6-9-13(10-12)20-4/h6,8-10,14,16H,5,7,11H2,1-4H3,(H,18,19)/t14-,16-/m0/s1. The first-order valence-electron chi connectivity index (χ1n) is 7.41. The first-order chi connectivity index (χ1) is 9.50. The minimum absolute atomic E-state index is 0.166. The lowest BCUT2D eigenvalue weighted by Crippen LogP contribution is -2.26.